The lowest BCUT2D eigenvalue weighted by atomic mass is 10.2. The molecule has 6 heteroatoms. The molecule has 134 valence electrons. The van der Waals surface area contributed by atoms with Crippen LogP contribution in [0.4, 0.5) is 0 Å². The Morgan fingerprint density at radius 1 is 1.12 bits per heavy atom. The lowest BCUT2D eigenvalue weighted by Crippen LogP contribution is -2.41. The Morgan fingerprint density at radius 3 is 2.62 bits per heavy atom. The predicted molar refractivity (Wildman–Crippen MR) is 99.4 cm³/mol. The number of ether oxygens (including phenoxy) is 1. The minimum absolute atomic E-state index is 0.0113. The number of amides is 1. The third-order valence-corrected chi connectivity index (χ3v) is 4.68. The van der Waals surface area contributed by atoms with Crippen LogP contribution >= 0.6 is 0 Å². The number of carbonyl (C=O) groups is 1. The lowest BCUT2D eigenvalue weighted by molar-refractivity contribution is 0.0297. The van der Waals surface area contributed by atoms with Gasteiger partial charge in [0, 0.05) is 26.3 Å². The molecule has 1 amide bonds. The number of benzene rings is 1. The summed E-state index contributed by atoms with van der Waals surface area (Å²) in [4.78, 5) is 15.0. The second-order valence-corrected chi connectivity index (χ2v) is 6.57. The largest absolute Gasteiger partial charge is 0.378 e. The van der Waals surface area contributed by atoms with Gasteiger partial charge in [-0.25, -0.2) is 4.68 Å². The van der Waals surface area contributed by atoms with E-state index in [1.807, 2.05) is 72.1 Å². The summed E-state index contributed by atoms with van der Waals surface area (Å²) in [5.74, 6) is -0.0113. The van der Waals surface area contributed by atoms with Crippen LogP contribution in [-0.2, 0) is 11.8 Å². The standard InChI is InChI=1S/C20H22N4O2/c1-15-5-3-6-16(13-15)24-19(20(25)23-9-11-26-12-10-23)14-17(21-24)18-7-4-8-22(18)2/h3-8,13-14H,9-12H2,1-2H3. The molecule has 0 radical (unpaired) electrons. The van der Waals surface area contributed by atoms with Crippen LogP contribution in [0.2, 0.25) is 0 Å². The molecule has 0 atom stereocenters. The Morgan fingerprint density at radius 2 is 1.92 bits per heavy atom. The molecule has 1 fully saturated rings. The third-order valence-electron chi connectivity index (χ3n) is 4.68. The molecule has 1 aromatic carbocycles. The van der Waals surface area contributed by atoms with Crippen LogP contribution in [0.5, 0.6) is 0 Å². The maximum Gasteiger partial charge on any atom is 0.272 e. The molecular weight excluding hydrogens is 328 g/mol. The summed E-state index contributed by atoms with van der Waals surface area (Å²) in [5, 5.41) is 4.76. The number of hydrogen-bond acceptors (Lipinski definition) is 3. The van der Waals surface area contributed by atoms with Gasteiger partial charge in [0.2, 0.25) is 0 Å². The Balaban J connectivity index is 1.81. The first-order chi connectivity index (χ1) is 12.6. The van der Waals surface area contributed by atoms with Gasteiger partial charge < -0.3 is 14.2 Å². The second kappa shape index (κ2) is 6.80. The van der Waals surface area contributed by atoms with Crippen molar-refractivity contribution in [3.63, 3.8) is 0 Å². The first-order valence-corrected chi connectivity index (χ1v) is 8.79. The molecular formula is C20H22N4O2. The van der Waals surface area contributed by atoms with Gasteiger partial charge in [-0.3, -0.25) is 4.79 Å². The van der Waals surface area contributed by atoms with Crippen molar-refractivity contribution in [2.75, 3.05) is 26.3 Å². The fourth-order valence-electron chi connectivity index (χ4n) is 3.27. The number of carbonyl (C=O) groups excluding carboxylic acids is 1. The summed E-state index contributed by atoms with van der Waals surface area (Å²) in [6.07, 6.45) is 1.98. The van der Waals surface area contributed by atoms with Gasteiger partial charge in [-0.2, -0.15) is 5.10 Å². The summed E-state index contributed by atoms with van der Waals surface area (Å²) in [6, 6.07) is 13.9. The van der Waals surface area contributed by atoms with E-state index in [4.69, 9.17) is 9.84 Å². The summed E-state index contributed by atoms with van der Waals surface area (Å²) in [6.45, 7) is 4.41. The van der Waals surface area contributed by atoms with Gasteiger partial charge in [0.25, 0.3) is 5.91 Å². The molecule has 26 heavy (non-hydrogen) atoms. The topological polar surface area (TPSA) is 52.3 Å². The average molecular weight is 350 g/mol. The monoisotopic (exact) mass is 350 g/mol. The Bertz CT molecular complexity index is 935. The molecule has 0 saturated carbocycles. The van der Waals surface area contributed by atoms with Crippen LogP contribution in [0.3, 0.4) is 0 Å². The number of nitrogens with zero attached hydrogens (tertiary/aromatic N) is 4. The predicted octanol–water partition coefficient (Wildman–Crippen LogP) is 2.66. The van der Waals surface area contributed by atoms with Crippen molar-refractivity contribution < 1.29 is 9.53 Å². The Kier molecular flexibility index (Phi) is 4.34. The van der Waals surface area contributed by atoms with E-state index in [1.165, 1.54) is 0 Å². The maximum atomic E-state index is 13.1. The maximum absolute atomic E-state index is 13.1. The van der Waals surface area contributed by atoms with Crippen molar-refractivity contribution in [2.24, 2.45) is 7.05 Å². The molecule has 1 aliphatic rings. The minimum atomic E-state index is -0.0113. The van der Waals surface area contributed by atoms with Gasteiger partial charge in [0.05, 0.1) is 24.6 Å². The van der Waals surface area contributed by atoms with Crippen LogP contribution in [-0.4, -0.2) is 51.5 Å². The molecule has 3 aromatic rings. The quantitative estimate of drug-likeness (QED) is 0.730. The van der Waals surface area contributed by atoms with Crippen LogP contribution in [0.15, 0.2) is 48.7 Å². The average Bonchev–Trinajstić information content (AvgIpc) is 3.28. The van der Waals surface area contributed by atoms with E-state index in [9.17, 15) is 4.79 Å². The van der Waals surface area contributed by atoms with Gasteiger partial charge in [-0.05, 0) is 42.8 Å². The molecule has 0 unspecified atom stereocenters. The highest BCUT2D eigenvalue weighted by atomic mass is 16.5. The van der Waals surface area contributed by atoms with Crippen molar-refractivity contribution >= 4 is 5.91 Å². The molecule has 6 nitrogen and oxygen atoms in total. The summed E-state index contributed by atoms with van der Waals surface area (Å²) < 4.78 is 9.14. The smallest absolute Gasteiger partial charge is 0.272 e. The van der Waals surface area contributed by atoms with E-state index in [-0.39, 0.29) is 5.91 Å². The highest BCUT2D eigenvalue weighted by Gasteiger charge is 2.24. The van der Waals surface area contributed by atoms with Crippen molar-refractivity contribution in [3.8, 4) is 17.1 Å². The minimum Gasteiger partial charge on any atom is -0.378 e. The van der Waals surface area contributed by atoms with Crippen molar-refractivity contribution in [1.82, 2.24) is 19.2 Å². The zero-order chi connectivity index (χ0) is 18.1. The van der Waals surface area contributed by atoms with Crippen LogP contribution < -0.4 is 0 Å². The van der Waals surface area contributed by atoms with E-state index in [0.29, 0.717) is 32.0 Å². The Hall–Kier alpha value is -2.86. The van der Waals surface area contributed by atoms with Crippen molar-refractivity contribution in [1.29, 1.82) is 0 Å². The molecule has 0 spiro atoms. The van der Waals surface area contributed by atoms with E-state index in [0.717, 1.165) is 22.6 Å². The molecule has 0 N–H and O–H groups in total. The van der Waals surface area contributed by atoms with Gasteiger partial charge in [-0.1, -0.05) is 12.1 Å². The van der Waals surface area contributed by atoms with E-state index in [1.54, 1.807) is 4.68 Å². The fourth-order valence-corrected chi connectivity index (χ4v) is 3.27. The van der Waals surface area contributed by atoms with Gasteiger partial charge in [0.1, 0.15) is 11.4 Å². The molecule has 2 aromatic heterocycles. The Labute approximate surface area is 152 Å². The van der Waals surface area contributed by atoms with Crippen LogP contribution in [0, 0.1) is 6.92 Å². The normalized spacial score (nSPS) is 14.6. The zero-order valence-corrected chi connectivity index (χ0v) is 15.1. The number of morpholine rings is 1. The number of aromatic nitrogens is 3. The zero-order valence-electron chi connectivity index (χ0n) is 15.1. The molecule has 4 rings (SSSR count). The van der Waals surface area contributed by atoms with E-state index >= 15 is 0 Å². The highest BCUT2D eigenvalue weighted by Crippen LogP contribution is 2.23. The van der Waals surface area contributed by atoms with E-state index in [2.05, 4.69) is 0 Å². The van der Waals surface area contributed by atoms with Gasteiger partial charge in [-0.15, -0.1) is 0 Å². The summed E-state index contributed by atoms with van der Waals surface area (Å²) in [7, 11) is 1.98. The summed E-state index contributed by atoms with van der Waals surface area (Å²) >= 11 is 0. The van der Waals surface area contributed by atoms with Gasteiger partial charge in [0.15, 0.2) is 0 Å². The molecule has 3 heterocycles. The lowest BCUT2D eigenvalue weighted by Gasteiger charge is -2.26. The van der Waals surface area contributed by atoms with E-state index < -0.39 is 0 Å². The second-order valence-electron chi connectivity index (χ2n) is 6.57. The summed E-state index contributed by atoms with van der Waals surface area (Å²) in [5.41, 5.74) is 4.36. The van der Waals surface area contributed by atoms with Crippen molar-refractivity contribution in [3.05, 3.63) is 59.9 Å². The number of hydrogen-bond donors (Lipinski definition) is 0. The number of rotatable bonds is 3. The fraction of sp³-hybridized carbons (Fsp3) is 0.300. The van der Waals surface area contributed by atoms with Gasteiger partial charge >= 0.3 is 0 Å². The molecule has 0 aliphatic carbocycles. The molecule has 1 saturated heterocycles. The number of aryl methyl sites for hydroxylation is 2. The third kappa shape index (κ3) is 3.04. The SMILES string of the molecule is Cc1cccc(-n2nc(-c3cccn3C)cc2C(=O)N2CCOCC2)c1. The first kappa shape index (κ1) is 16.6. The molecule has 1 aliphatic heterocycles. The first-order valence-electron chi connectivity index (χ1n) is 8.79. The van der Waals surface area contributed by atoms with Crippen molar-refractivity contribution in [2.45, 2.75) is 6.92 Å². The van der Waals surface area contributed by atoms with Crippen LogP contribution in [0.25, 0.3) is 17.1 Å². The highest BCUT2D eigenvalue weighted by molar-refractivity contribution is 5.94. The van der Waals surface area contributed by atoms with Crippen LogP contribution in [0.1, 0.15) is 16.1 Å². The molecule has 0 bridgehead atoms.